The van der Waals surface area contributed by atoms with Gasteiger partial charge in [-0.3, -0.25) is 0 Å². The Bertz CT molecular complexity index is 454. The van der Waals surface area contributed by atoms with Gasteiger partial charge >= 0.3 is 0 Å². The fourth-order valence-electron chi connectivity index (χ4n) is 3.12. The van der Waals surface area contributed by atoms with E-state index in [0.29, 0.717) is 36.2 Å². The van der Waals surface area contributed by atoms with Crippen molar-refractivity contribution in [2.45, 2.75) is 38.9 Å². The van der Waals surface area contributed by atoms with Gasteiger partial charge in [0.1, 0.15) is 11.5 Å². The van der Waals surface area contributed by atoms with E-state index in [1.807, 2.05) is 0 Å². The van der Waals surface area contributed by atoms with Crippen LogP contribution in [0.25, 0.3) is 0 Å². The molecule has 0 spiro atoms. The Morgan fingerprint density at radius 2 is 1.25 bits per heavy atom. The average Bonchev–Trinajstić information content (AvgIpc) is 3.00. The average molecular weight is 278 g/mol. The van der Waals surface area contributed by atoms with Crippen LogP contribution in [0.1, 0.15) is 50.0 Å². The van der Waals surface area contributed by atoms with Gasteiger partial charge in [-0.2, -0.15) is 0 Å². The summed E-state index contributed by atoms with van der Waals surface area (Å²) in [5, 5.41) is 20.5. The molecule has 2 aliphatic rings. The Morgan fingerprint density at radius 1 is 0.850 bits per heavy atom. The minimum absolute atomic E-state index is 0.117. The summed E-state index contributed by atoms with van der Waals surface area (Å²) >= 11 is 0. The van der Waals surface area contributed by atoms with Gasteiger partial charge < -0.3 is 19.7 Å². The number of aromatic hydroxyl groups is 2. The molecule has 2 fully saturated rings. The summed E-state index contributed by atoms with van der Waals surface area (Å²) in [6, 6.07) is 3.28. The predicted octanol–water partition coefficient (Wildman–Crippen LogP) is 3.29. The molecule has 2 aliphatic heterocycles. The number of hydrogen-bond acceptors (Lipinski definition) is 4. The summed E-state index contributed by atoms with van der Waals surface area (Å²) in [4.78, 5) is 0. The van der Waals surface area contributed by atoms with Gasteiger partial charge in [-0.25, -0.2) is 0 Å². The van der Waals surface area contributed by atoms with Crippen molar-refractivity contribution in [1.29, 1.82) is 0 Å². The van der Waals surface area contributed by atoms with Gasteiger partial charge in [-0.15, -0.1) is 0 Å². The molecule has 0 aromatic heterocycles. The first kappa shape index (κ1) is 13.7. The van der Waals surface area contributed by atoms with Gasteiger partial charge in [0, 0.05) is 11.1 Å². The van der Waals surface area contributed by atoms with E-state index in [-0.39, 0.29) is 23.7 Å². The zero-order valence-corrected chi connectivity index (χ0v) is 12.0. The second-order valence-electron chi connectivity index (χ2n) is 6.30. The van der Waals surface area contributed by atoms with Crippen LogP contribution >= 0.6 is 0 Å². The maximum Gasteiger partial charge on any atom is 0.122 e. The summed E-state index contributed by atoms with van der Waals surface area (Å²) in [7, 11) is 0. The third kappa shape index (κ3) is 2.50. The molecule has 4 atom stereocenters. The van der Waals surface area contributed by atoms with E-state index in [1.165, 1.54) is 0 Å². The first-order chi connectivity index (χ1) is 9.54. The molecule has 0 aliphatic carbocycles. The molecule has 2 heterocycles. The van der Waals surface area contributed by atoms with Crippen molar-refractivity contribution in [3.8, 4) is 11.5 Å². The van der Waals surface area contributed by atoms with E-state index in [4.69, 9.17) is 9.47 Å². The van der Waals surface area contributed by atoms with Crippen LogP contribution in [-0.2, 0) is 9.47 Å². The maximum absolute atomic E-state index is 10.2. The number of phenolic OH excluding ortho intramolecular Hbond substituents is 2. The lowest BCUT2D eigenvalue weighted by atomic mass is 9.95. The third-order valence-electron chi connectivity index (χ3n) is 4.27. The topological polar surface area (TPSA) is 58.9 Å². The lowest BCUT2D eigenvalue weighted by Crippen LogP contribution is -2.01. The van der Waals surface area contributed by atoms with E-state index in [1.54, 1.807) is 12.1 Å². The molecule has 4 nitrogen and oxygen atoms in total. The van der Waals surface area contributed by atoms with Crippen LogP contribution in [0.3, 0.4) is 0 Å². The number of rotatable bonds is 2. The molecule has 110 valence electrons. The van der Waals surface area contributed by atoms with Crippen molar-refractivity contribution >= 4 is 0 Å². The Labute approximate surface area is 119 Å². The van der Waals surface area contributed by atoms with Gasteiger partial charge in [0.05, 0.1) is 25.4 Å². The van der Waals surface area contributed by atoms with Crippen molar-refractivity contribution in [1.82, 2.24) is 0 Å². The Morgan fingerprint density at radius 3 is 1.55 bits per heavy atom. The lowest BCUT2D eigenvalue weighted by Gasteiger charge is -2.17. The molecule has 2 saturated heterocycles. The summed E-state index contributed by atoms with van der Waals surface area (Å²) in [5.41, 5.74) is 1.36. The molecule has 0 saturated carbocycles. The van der Waals surface area contributed by atoms with Crippen LogP contribution < -0.4 is 0 Å². The smallest absolute Gasteiger partial charge is 0.122 e. The molecule has 20 heavy (non-hydrogen) atoms. The van der Waals surface area contributed by atoms with Crippen molar-refractivity contribution in [3.63, 3.8) is 0 Å². The molecule has 0 unspecified atom stereocenters. The molecule has 3 rings (SSSR count). The summed E-state index contributed by atoms with van der Waals surface area (Å²) in [6.45, 7) is 5.66. The number of hydrogen-bond donors (Lipinski definition) is 2. The molecule has 4 heteroatoms. The minimum Gasteiger partial charge on any atom is -0.508 e. The molecule has 2 N–H and O–H groups in total. The van der Waals surface area contributed by atoms with Crippen LogP contribution in [0.2, 0.25) is 0 Å². The third-order valence-corrected chi connectivity index (χ3v) is 4.27. The Hall–Kier alpha value is -1.26. The zero-order chi connectivity index (χ0) is 14.3. The molecule has 0 bridgehead atoms. The minimum atomic E-state index is -0.117. The number of phenols is 2. The van der Waals surface area contributed by atoms with Crippen LogP contribution in [-0.4, -0.2) is 23.4 Å². The molecule has 0 amide bonds. The highest BCUT2D eigenvalue weighted by atomic mass is 16.5. The highest BCUT2D eigenvalue weighted by Crippen LogP contribution is 2.43. The molecule has 1 aromatic carbocycles. The van der Waals surface area contributed by atoms with Crippen LogP contribution in [0.5, 0.6) is 11.5 Å². The second-order valence-corrected chi connectivity index (χ2v) is 6.30. The Kier molecular flexibility index (Phi) is 3.61. The van der Waals surface area contributed by atoms with Crippen LogP contribution in [0, 0.1) is 11.8 Å². The van der Waals surface area contributed by atoms with Crippen LogP contribution in [0.15, 0.2) is 12.1 Å². The fourth-order valence-corrected chi connectivity index (χ4v) is 3.12. The normalized spacial score (nSPS) is 33.7. The molecular weight excluding hydrogens is 256 g/mol. The SMILES string of the molecule is C[C@@H]1CO[C@H](c2cc(O)c([C@H]3C[C@H](C)CO3)cc2O)C1. The van der Waals surface area contributed by atoms with Crippen molar-refractivity contribution in [2.75, 3.05) is 13.2 Å². The number of benzene rings is 1. The first-order valence-electron chi connectivity index (χ1n) is 7.33. The van der Waals surface area contributed by atoms with Gasteiger partial charge in [0.2, 0.25) is 0 Å². The monoisotopic (exact) mass is 278 g/mol. The molecule has 0 radical (unpaired) electrons. The Balaban J connectivity index is 1.86. The first-order valence-corrected chi connectivity index (χ1v) is 7.33. The molecular formula is C16H22O4. The standard InChI is InChI=1S/C16H22O4/c1-9-3-15(19-7-9)11-5-14(18)12(6-13(11)17)16-4-10(2)8-20-16/h5-6,9-10,15-18H,3-4,7-8H2,1-2H3/t9-,10-,15-,16+/m0/s1. The number of ether oxygens (including phenoxy) is 2. The van der Waals surface area contributed by atoms with E-state index < -0.39 is 0 Å². The maximum atomic E-state index is 10.2. The van der Waals surface area contributed by atoms with Gasteiger partial charge in [-0.05, 0) is 36.8 Å². The second kappa shape index (κ2) is 5.26. The highest BCUT2D eigenvalue weighted by molar-refractivity contribution is 5.47. The van der Waals surface area contributed by atoms with Gasteiger partial charge in [0.15, 0.2) is 0 Å². The fraction of sp³-hybridized carbons (Fsp3) is 0.625. The van der Waals surface area contributed by atoms with E-state index in [0.717, 1.165) is 12.8 Å². The van der Waals surface area contributed by atoms with Gasteiger partial charge in [0.25, 0.3) is 0 Å². The van der Waals surface area contributed by atoms with E-state index in [2.05, 4.69) is 13.8 Å². The van der Waals surface area contributed by atoms with Crippen molar-refractivity contribution < 1.29 is 19.7 Å². The quantitative estimate of drug-likeness (QED) is 0.815. The van der Waals surface area contributed by atoms with Crippen molar-refractivity contribution in [2.24, 2.45) is 11.8 Å². The van der Waals surface area contributed by atoms with E-state index in [9.17, 15) is 10.2 Å². The lowest BCUT2D eigenvalue weighted by molar-refractivity contribution is 0.102. The highest BCUT2D eigenvalue weighted by Gasteiger charge is 2.30. The molecule has 1 aromatic rings. The predicted molar refractivity (Wildman–Crippen MR) is 74.7 cm³/mol. The summed E-state index contributed by atoms with van der Waals surface area (Å²) in [5.74, 6) is 1.36. The zero-order valence-electron chi connectivity index (χ0n) is 12.0. The summed E-state index contributed by atoms with van der Waals surface area (Å²) in [6.07, 6.45) is 1.52. The summed E-state index contributed by atoms with van der Waals surface area (Å²) < 4.78 is 11.3. The van der Waals surface area contributed by atoms with E-state index >= 15 is 0 Å². The van der Waals surface area contributed by atoms with Gasteiger partial charge in [-0.1, -0.05) is 13.8 Å². The van der Waals surface area contributed by atoms with Crippen LogP contribution in [0.4, 0.5) is 0 Å². The largest absolute Gasteiger partial charge is 0.508 e. The van der Waals surface area contributed by atoms with Crippen molar-refractivity contribution in [3.05, 3.63) is 23.3 Å².